The van der Waals surface area contributed by atoms with E-state index in [9.17, 15) is 4.39 Å². The van der Waals surface area contributed by atoms with Crippen molar-refractivity contribution in [1.82, 2.24) is 20.3 Å². The maximum absolute atomic E-state index is 14.9. The average molecular weight is 506 g/mol. The summed E-state index contributed by atoms with van der Waals surface area (Å²) in [6, 6.07) is 5.58. The van der Waals surface area contributed by atoms with Gasteiger partial charge in [-0.25, -0.2) is 14.4 Å². The average Bonchev–Trinajstić information content (AvgIpc) is 3.35. The first kappa shape index (κ1) is 25.4. The number of aromatic amines is 1. The maximum Gasteiger partial charge on any atom is 0.148 e. The lowest BCUT2D eigenvalue weighted by Gasteiger charge is -2.29. The van der Waals surface area contributed by atoms with Crippen LogP contribution in [-0.2, 0) is 4.74 Å². The van der Waals surface area contributed by atoms with E-state index >= 15 is 0 Å². The molecule has 5 rings (SSSR count). The molecule has 1 unspecified atom stereocenters. The van der Waals surface area contributed by atoms with Gasteiger partial charge in [0.1, 0.15) is 17.5 Å². The van der Waals surface area contributed by atoms with Crippen LogP contribution in [0.2, 0.25) is 0 Å². The second kappa shape index (κ2) is 11.4. The third-order valence-corrected chi connectivity index (χ3v) is 7.47. The van der Waals surface area contributed by atoms with Crippen molar-refractivity contribution in [2.24, 2.45) is 10.9 Å². The smallest absolute Gasteiger partial charge is 0.148 e. The zero-order valence-corrected chi connectivity index (χ0v) is 21.6. The molecule has 2 aliphatic rings. The van der Waals surface area contributed by atoms with Gasteiger partial charge < -0.3 is 25.7 Å². The van der Waals surface area contributed by atoms with Crippen LogP contribution in [-0.4, -0.2) is 66.6 Å². The van der Waals surface area contributed by atoms with E-state index < -0.39 is 0 Å². The number of morpholine rings is 1. The Morgan fingerprint density at radius 3 is 2.78 bits per heavy atom. The van der Waals surface area contributed by atoms with Crippen LogP contribution >= 0.6 is 0 Å². The summed E-state index contributed by atoms with van der Waals surface area (Å²) in [5, 5.41) is 3.43. The number of benzene rings is 1. The zero-order valence-electron chi connectivity index (χ0n) is 21.6. The Morgan fingerprint density at radius 2 is 2.05 bits per heavy atom. The molecule has 0 bridgehead atoms. The molecule has 0 saturated carbocycles. The lowest BCUT2D eigenvalue weighted by Crippen LogP contribution is -2.36. The molecule has 0 aliphatic carbocycles. The Bertz CT molecular complexity index is 1290. The quantitative estimate of drug-likeness (QED) is 0.410. The molecule has 2 fully saturated rings. The predicted octanol–water partition coefficient (Wildman–Crippen LogP) is 4.44. The van der Waals surface area contributed by atoms with Gasteiger partial charge in [-0.05, 0) is 62.9 Å². The number of fused-ring (bicyclic) bond motifs is 1. The Hall–Kier alpha value is -3.30. The molecule has 2 saturated heterocycles. The van der Waals surface area contributed by atoms with Crippen molar-refractivity contribution in [1.29, 1.82) is 0 Å². The highest BCUT2D eigenvalue weighted by Gasteiger charge is 2.22. The summed E-state index contributed by atoms with van der Waals surface area (Å²) in [4.78, 5) is 19.4. The molecule has 2 aliphatic heterocycles. The molecule has 0 radical (unpaired) electrons. The molecule has 1 aromatic carbocycles. The van der Waals surface area contributed by atoms with E-state index in [0.717, 1.165) is 43.5 Å². The summed E-state index contributed by atoms with van der Waals surface area (Å²) in [7, 11) is 0. The van der Waals surface area contributed by atoms with Crippen molar-refractivity contribution < 1.29 is 9.13 Å². The molecule has 2 aromatic heterocycles. The predicted molar refractivity (Wildman–Crippen MR) is 149 cm³/mol. The van der Waals surface area contributed by atoms with Gasteiger partial charge in [-0.15, -0.1) is 0 Å². The number of pyridine rings is 1. The van der Waals surface area contributed by atoms with Crippen LogP contribution in [0.1, 0.15) is 38.7 Å². The number of nitrogens with one attached hydrogen (secondary N) is 2. The third kappa shape index (κ3) is 5.52. The molecular formula is C28H36FN7O. The van der Waals surface area contributed by atoms with Crippen LogP contribution < -0.4 is 16.0 Å². The zero-order chi connectivity index (χ0) is 25.8. The number of halogens is 1. The van der Waals surface area contributed by atoms with E-state index in [1.807, 2.05) is 30.2 Å². The number of hydrogen-bond acceptors (Lipinski definition) is 7. The number of hydrogen-bond donors (Lipinski definition) is 3. The Kier molecular flexibility index (Phi) is 7.81. The highest BCUT2D eigenvalue weighted by Crippen LogP contribution is 2.31. The number of nitrogens with zero attached hydrogens (tertiary/aromatic N) is 4. The van der Waals surface area contributed by atoms with E-state index in [0.29, 0.717) is 72.2 Å². The van der Waals surface area contributed by atoms with E-state index in [1.54, 1.807) is 12.3 Å². The van der Waals surface area contributed by atoms with Gasteiger partial charge in [0.15, 0.2) is 0 Å². The first-order chi connectivity index (χ1) is 18.1. The van der Waals surface area contributed by atoms with E-state index in [1.165, 1.54) is 6.07 Å². The van der Waals surface area contributed by atoms with Crippen molar-refractivity contribution in [2.75, 3.05) is 50.0 Å². The fraction of sp³-hybridized carbons (Fsp3) is 0.464. The van der Waals surface area contributed by atoms with Crippen molar-refractivity contribution in [3.8, 4) is 11.4 Å². The highest BCUT2D eigenvalue weighted by atomic mass is 19.1. The lowest BCUT2D eigenvalue weighted by molar-refractivity contribution is 0.122. The molecule has 4 heterocycles. The Labute approximate surface area is 217 Å². The second-order valence-corrected chi connectivity index (χ2v) is 9.75. The summed E-state index contributed by atoms with van der Waals surface area (Å²) in [5.41, 5.74) is 10.7. The Balaban J connectivity index is 1.42. The van der Waals surface area contributed by atoms with Gasteiger partial charge in [0.25, 0.3) is 0 Å². The van der Waals surface area contributed by atoms with Crippen molar-refractivity contribution >= 4 is 34.3 Å². The van der Waals surface area contributed by atoms with Gasteiger partial charge in [0.2, 0.25) is 0 Å². The van der Waals surface area contributed by atoms with E-state index in [2.05, 4.69) is 22.2 Å². The minimum Gasteiger partial charge on any atom is -0.383 e. The summed E-state index contributed by atoms with van der Waals surface area (Å²) in [5.74, 6) is 1.26. The topological polar surface area (TPSA) is 104 Å². The van der Waals surface area contributed by atoms with Crippen LogP contribution in [0, 0.1) is 11.7 Å². The summed E-state index contributed by atoms with van der Waals surface area (Å²) in [6.07, 6.45) is 9.12. The number of anilines is 2. The number of aliphatic imine (C=N–C) groups is 1. The number of ether oxygens (including phenoxy) is 1. The molecule has 4 N–H and O–H groups in total. The van der Waals surface area contributed by atoms with Gasteiger partial charge in [-0.1, -0.05) is 13.0 Å². The van der Waals surface area contributed by atoms with Crippen LogP contribution in [0.3, 0.4) is 0 Å². The molecule has 8 nitrogen and oxygen atoms in total. The minimum atomic E-state index is -0.281. The van der Waals surface area contributed by atoms with Crippen LogP contribution in [0.4, 0.5) is 15.9 Å². The number of imidazole rings is 1. The lowest BCUT2D eigenvalue weighted by atomic mass is 9.89. The number of nitrogens with two attached hydrogens (primary N) is 1. The largest absolute Gasteiger partial charge is 0.383 e. The first-order valence-corrected chi connectivity index (χ1v) is 13.3. The fourth-order valence-corrected chi connectivity index (χ4v) is 5.30. The molecule has 0 amide bonds. The van der Waals surface area contributed by atoms with Gasteiger partial charge in [-0.3, -0.25) is 4.99 Å². The summed E-state index contributed by atoms with van der Waals surface area (Å²) >= 11 is 0. The van der Waals surface area contributed by atoms with Crippen molar-refractivity contribution in [2.45, 2.75) is 39.2 Å². The minimum absolute atomic E-state index is 0.281. The van der Waals surface area contributed by atoms with Gasteiger partial charge in [0, 0.05) is 37.1 Å². The SMILES string of the molecule is C/C=C(\C=NC(CC)C1CCNCC1)c1cnc(N)c(-c2nc3cc(N4CCOCC4)c(F)cc3[nH]2)c1. The van der Waals surface area contributed by atoms with Crippen LogP contribution in [0.5, 0.6) is 0 Å². The number of aromatic nitrogens is 3. The molecule has 1 atom stereocenters. The Morgan fingerprint density at radius 1 is 1.27 bits per heavy atom. The van der Waals surface area contributed by atoms with Gasteiger partial charge in [-0.2, -0.15) is 0 Å². The standard InChI is InChI=1S/C28H36FN7O/c1-3-18(16-32-23(4-2)19-5-7-31-8-6-19)20-13-21(27(30)33-17-20)28-34-24-14-22(29)26(15-25(24)35-28)36-9-11-37-12-10-36/h3,13-17,19,23,31H,4-12H2,1-2H3,(H2,30,33)(H,34,35)/b18-3+,32-16?. The molecule has 0 spiro atoms. The summed E-state index contributed by atoms with van der Waals surface area (Å²) < 4.78 is 20.3. The van der Waals surface area contributed by atoms with Gasteiger partial charge in [0.05, 0.1) is 41.5 Å². The van der Waals surface area contributed by atoms with Crippen molar-refractivity contribution in [3.63, 3.8) is 0 Å². The number of allylic oxidation sites excluding steroid dienone is 2. The fourth-order valence-electron chi connectivity index (χ4n) is 5.30. The van der Waals surface area contributed by atoms with Crippen LogP contribution in [0.25, 0.3) is 28.0 Å². The molecule has 9 heteroatoms. The number of H-pyrrole nitrogens is 1. The normalized spacial score (nSPS) is 18.7. The third-order valence-electron chi connectivity index (χ3n) is 7.47. The molecule has 3 aromatic rings. The summed E-state index contributed by atoms with van der Waals surface area (Å²) in [6.45, 7) is 8.82. The molecular weight excluding hydrogens is 469 g/mol. The number of piperidine rings is 1. The number of rotatable bonds is 7. The van der Waals surface area contributed by atoms with E-state index in [-0.39, 0.29) is 5.82 Å². The first-order valence-electron chi connectivity index (χ1n) is 13.3. The molecule has 37 heavy (non-hydrogen) atoms. The second-order valence-electron chi connectivity index (χ2n) is 9.75. The maximum atomic E-state index is 14.9. The molecule has 196 valence electrons. The van der Waals surface area contributed by atoms with E-state index in [4.69, 9.17) is 20.4 Å². The van der Waals surface area contributed by atoms with Crippen LogP contribution in [0.15, 0.2) is 35.5 Å². The van der Waals surface area contributed by atoms with Gasteiger partial charge >= 0.3 is 0 Å². The number of nitrogen functional groups attached to an aromatic ring is 1. The van der Waals surface area contributed by atoms with Crippen molar-refractivity contribution in [3.05, 3.63) is 41.9 Å². The monoisotopic (exact) mass is 505 g/mol. The highest BCUT2D eigenvalue weighted by molar-refractivity contribution is 6.10.